The summed E-state index contributed by atoms with van der Waals surface area (Å²) in [6.07, 6.45) is 1.96. The lowest BCUT2D eigenvalue weighted by Crippen LogP contribution is -2.55. The molecule has 1 aromatic heterocycles. The van der Waals surface area contributed by atoms with Gasteiger partial charge in [0.25, 0.3) is 0 Å². The van der Waals surface area contributed by atoms with E-state index in [0.717, 1.165) is 62.5 Å². The highest BCUT2D eigenvalue weighted by atomic mass is 19.1. The van der Waals surface area contributed by atoms with Gasteiger partial charge in [-0.2, -0.15) is 5.10 Å². The lowest BCUT2D eigenvalue weighted by atomic mass is 9.96. The Balaban J connectivity index is 1.42. The molecule has 0 spiro atoms. The van der Waals surface area contributed by atoms with E-state index in [9.17, 15) is 14.6 Å². The topological polar surface area (TPSA) is 64.8 Å². The average molecular weight is 403 g/mol. The number of nitrogens with zero attached hydrogens (tertiary/aromatic N) is 4. The van der Waals surface area contributed by atoms with Gasteiger partial charge in [-0.3, -0.25) is 9.80 Å². The molecule has 0 radical (unpaired) electrons. The van der Waals surface area contributed by atoms with Crippen molar-refractivity contribution in [1.82, 2.24) is 19.6 Å². The van der Waals surface area contributed by atoms with Gasteiger partial charge in [-0.1, -0.05) is 0 Å². The van der Waals surface area contributed by atoms with Crippen molar-refractivity contribution in [2.45, 2.75) is 57.9 Å². The maximum atomic E-state index is 13.2. The molecule has 2 aliphatic rings. The zero-order valence-corrected chi connectivity index (χ0v) is 17.3. The number of halogens is 1. The Hall–Kier alpha value is -1.80. The average Bonchev–Trinajstić information content (AvgIpc) is 2.98. The molecule has 0 saturated carbocycles. The normalized spacial score (nSPS) is 24.9. The Bertz CT molecular complexity index is 830. The molecule has 3 heterocycles. The van der Waals surface area contributed by atoms with Gasteiger partial charge in [0.15, 0.2) is 0 Å². The molecule has 1 aromatic carbocycles. The van der Waals surface area contributed by atoms with E-state index in [4.69, 9.17) is 0 Å². The first kappa shape index (κ1) is 20.5. The molecule has 0 unspecified atom stereocenters. The number of rotatable bonds is 4. The number of hydrogen-bond acceptors (Lipinski definition) is 5. The third-order valence-corrected chi connectivity index (χ3v) is 6.49. The van der Waals surface area contributed by atoms with Crippen LogP contribution in [0.1, 0.15) is 36.2 Å². The molecular formula is C22H31FN4O2. The number of piperidine rings is 2. The first-order valence-electron chi connectivity index (χ1n) is 10.6. The van der Waals surface area contributed by atoms with Gasteiger partial charge in [0, 0.05) is 50.0 Å². The smallest absolute Gasteiger partial charge is 0.123 e. The number of benzene rings is 1. The quantitative estimate of drug-likeness (QED) is 0.819. The fourth-order valence-corrected chi connectivity index (χ4v) is 4.73. The van der Waals surface area contributed by atoms with Gasteiger partial charge < -0.3 is 10.2 Å². The number of likely N-dealkylation sites (tertiary alicyclic amines) is 2. The summed E-state index contributed by atoms with van der Waals surface area (Å²) in [5, 5.41) is 25.2. The van der Waals surface area contributed by atoms with E-state index in [2.05, 4.69) is 14.9 Å². The maximum absolute atomic E-state index is 13.2. The minimum atomic E-state index is -0.383. The number of aryl methyl sites for hydroxylation is 1. The summed E-state index contributed by atoms with van der Waals surface area (Å²) >= 11 is 0. The molecular weight excluding hydrogens is 371 g/mol. The van der Waals surface area contributed by atoms with Crippen LogP contribution >= 0.6 is 0 Å². The fourth-order valence-electron chi connectivity index (χ4n) is 4.73. The van der Waals surface area contributed by atoms with Crippen molar-refractivity contribution in [3.63, 3.8) is 0 Å². The fraction of sp³-hybridized carbons (Fsp3) is 0.591. The molecule has 0 bridgehead atoms. The standard InChI is InChI=1S/C22H31FN4O2/c1-15-20(16(2)27(24-15)18-5-3-17(23)4-6-18)13-25-10-9-21(22(29)14-25)26-11-7-19(28)8-12-26/h3-6,19,21-22,28-29H,7-14H2,1-2H3/t21-,22-/m1/s1. The molecule has 2 atom stereocenters. The molecule has 4 rings (SSSR count). The Morgan fingerprint density at radius 2 is 1.72 bits per heavy atom. The molecule has 2 fully saturated rings. The molecule has 2 aromatic rings. The summed E-state index contributed by atoms with van der Waals surface area (Å²) in [4.78, 5) is 4.64. The molecule has 158 valence electrons. The van der Waals surface area contributed by atoms with E-state index in [1.165, 1.54) is 17.7 Å². The third kappa shape index (κ3) is 4.38. The number of aliphatic hydroxyl groups is 2. The van der Waals surface area contributed by atoms with E-state index in [1.54, 1.807) is 12.1 Å². The first-order valence-corrected chi connectivity index (χ1v) is 10.6. The summed E-state index contributed by atoms with van der Waals surface area (Å²) in [7, 11) is 0. The number of aromatic nitrogens is 2. The van der Waals surface area contributed by atoms with Gasteiger partial charge in [-0.25, -0.2) is 9.07 Å². The van der Waals surface area contributed by atoms with Crippen molar-refractivity contribution in [3.05, 3.63) is 47.0 Å². The maximum Gasteiger partial charge on any atom is 0.123 e. The molecule has 7 heteroatoms. The van der Waals surface area contributed by atoms with Crippen LogP contribution in [0, 0.1) is 19.7 Å². The summed E-state index contributed by atoms with van der Waals surface area (Å²) in [6.45, 7) is 8.11. The Morgan fingerprint density at radius 3 is 2.38 bits per heavy atom. The summed E-state index contributed by atoms with van der Waals surface area (Å²) in [6, 6.07) is 6.56. The van der Waals surface area contributed by atoms with Crippen LogP contribution in [0.25, 0.3) is 5.69 Å². The highest BCUT2D eigenvalue weighted by molar-refractivity contribution is 5.37. The first-order chi connectivity index (χ1) is 13.9. The van der Waals surface area contributed by atoms with Crippen molar-refractivity contribution in [1.29, 1.82) is 0 Å². The monoisotopic (exact) mass is 402 g/mol. The van der Waals surface area contributed by atoms with Crippen molar-refractivity contribution in [2.75, 3.05) is 26.2 Å². The highest BCUT2D eigenvalue weighted by Crippen LogP contribution is 2.25. The van der Waals surface area contributed by atoms with Crippen LogP contribution in [-0.4, -0.2) is 74.2 Å². The van der Waals surface area contributed by atoms with Crippen molar-refractivity contribution in [2.24, 2.45) is 0 Å². The van der Waals surface area contributed by atoms with Crippen LogP contribution in [0.5, 0.6) is 0 Å². The number of hydrogen-bond donors (Lipinski definition) is 2. The minimum Gasteiger partial charge on any atom is -0.393 e. The summed E-state index contributed by atoms with van der Waals surface area (Å²) in [5.74, 6) is -0.254. The summed E-state index contributed by atoms with van der Waals surface area (Å²) in [5.41, 5.74) is 4.04. The van der Waals surface area contributed by atoms with Crippen molar-refractivity contribution < 1.29 is 14.6 Å². The highest BCUT2D eigenvalue weighted by Gasteiger charge is 2.34. The van der Waals surface area contributed by atoms with Crippen LogP contribution < -0.4 is 0 Å². The van der Waals surface area contributed by atoms with Crippen LogP contribution in [0.4, 0.5) is 4.39 Å². The number of aliphatic hydroxyl groups excluding tert-OH is 2. The Kier molecular flexibility index (Phi) is 6.01. The molecule has 2 saturated heterocycles. The molecule has 0 aliphatic carbocycles. The van der Waals surface area contributed by atoms with E-state index >= 15 is 0 Å². The van der Waals surface area contributed by atoms with Crippen LogP contribution in [0.2, 0.25) is 0 Å². The molecule has 29 heavy (non-hydrogen) atoms. The number of β-amino-alcohol motifs (C(OH)–C–C–N with tert-alkyl or cyclic N) is 1. The van der Waals surface area contributed by atoms with E-state index in [0.29, 0.717) is 6.54 Å². The van der Waals surface area contributed by atoms with E-state index in [-0.39, 0.29) is 24.1 Å². The van der Waals surface area contributed by atoms with Crippen LogP contribution in [-0.2, 0) is 6.54 Å². The zero-order valence-electron chi connectivity index (χ0n) is 17.3. The van der Waals surface area contributed by atoms with Gasteiger partial charge in [0.1, 0.15) is 5.82 Å². The largest absolute Gasteiger partial charge is 0.393 e. The van der Waals surface area contributed by atoms with Gasteiger partial charge in [-0.05, 0) is 57.4 Å². The third-order valence-electron chi connectivity index (χ3n) is 6.49. The molecule has 6 nitrogen and oxygen atoms in total. The Morgan fingerprint density at radius 1 is 1.03 bits per heavy atom. The minimum absolute atomic E-state index is 0.183. The van der Waals surface area contributed by atoms with Gasteiger partial charge in [0.2, 0.25) is 0 Å². The molecule has 2 N–H and O–H groups in total. The van der Waals surface area contributed by atoms with Crippen molar-refractivity contribution in [3.8, 4) is 5.69 Å². The van der Waals surface area contributed by atoms with Crippen LogP contribution in [0.15, 0.2) is 24.3 Å². The SMILES string of the molecule is Cc1nn(-c2ccc(F)cc2)c(C)c1CN1CC[C@@H](N2CCC(O)CC2)[C@H](O)C1. The van der Waals surface area contributed by atoms with Gasteiger partial charge in [0.05, 0.1) is 23.6 Å². The predicted octanol–water partition coefficient (Wildman–Crippen LogP) is 2.02. The second-order valence-electron chi connectivity index (χ2n) is 8.46. The molecule has 2 aliphatic heterocycles. The predicted molar refractivity (Wildman–Crippen MR) is 109 cm³/mol. The zero-order chi connectivity index (χ0) is 20.5. The lowest BCUT2D eigenvalue weighted by molar-refractivity contribution is -0.0356. The Labute approximate surface area is 171 Å². The van der Waals surface area contributed by atoms with Gasteiger partial charge in [-0.15, -0.1) is 0 Å². The van der Waals surface area contributed by atoms with E-state index < -0.39 is 0 Å². The second kappa shape index (κ2) is 8.52. The van der Waals surface area contributed by atoms with E-state index in [1.807, 2.05) is 18.5 Å². The summed E-state index contributed by atoms with van der Waals surface area (Å²) < 4.78 is 15.1. The van der Waals surface area contributed by atoms with Gasteiger partial charge >= 0.3 is 0 Å². The van der Waals surface area contributed by atoms with Crippen LogP contribution in [0.3, 0.4) is 0 Å². The lowest BCUT2D eigenvalue weighted by Gasteiger charge is -2.43. The van der Waals surface area contributed by atoms with Crippen molar-refractivity contribution >= 4 is 0 Å². The second-order valence-corrected chi connectivity index (χ2v) is 8.46. The molecule has 0 amide bonds.